The van der Waals surface area contributed by atoms with Crippen LogP contribution in [-0.4, -0.2) is 37.9 Å². The van der Waals surface area contributed by atoms with Gasteiger partial charge in [-0.15, -0.1) is 11.3 Å². The first-order valence-corrected chi connectivity index (χ1v) is 10.1. The number of ether oxygens (including phenoxy) is 1. The number of thiophene rings is 1. The summed E-state index contributed by atoms with van der Waals surface area (Å²) in [5.74, 6) is -0.947. The molecule has 0 aliphatic carbocycles. The lowest BCUT2D eigenvalue weighted by atomic mass is 10.1. The lowest BCUT2D eigenvalue weighted by Crippen LogP contribution is -3.08. The zero-order valence-corrected chi connectivity index (χ0v) is 17.9. The standard InChI is InChI=1S/C20H23ClN2O4S/c1-5-27-20(26)17-12(2)18(13(3)24)28-19(17)22-16(25)11-23(4)10-14-7-6-8-15(21)9-14/h6-9H,5,10-11H2,1-4H3,(H,22,25)/p+1. The molecule has 8 heteroatoms. The number of ketones is 1. The first kappa shape index (κ1) is 22.1. The van der Waals surface area contributed by atoms with Crippen molar-refractivity contribution in [3.8, 4) is 0 Å². The third-order valence-corrected chi connectivity index (χ3v) is 5.60. The van der Waals surface area contributed by atoms with Crippen LogP contribution in [0.1, 0.15) is 45.0 Å². The summed E-state index contributed by atoms with van der Waals surface area (Å²) in [7, 11) is 1.90. The van der Waals surface area contributed by atoms with Crippen molar-refractivity contribution in [2.45, 2.75) is 27.3 Å². The summed E-state index contributed by atoms with van der Waals surface area (Å²) in [6.07, 6.45) is 0. The van der Waals surface area contributed by atoms with Crippen molar-refractivity contribution in [2.24, 2.45) is 0 Å². The molecular formula is C20H24ClN2O4S+. The molecule has 0 aliphatic heterocycles. The van der Waals surface area contributed by atoms with Gasteiger partial charge in [-0.1, -0.05) is 23.7 Å². The summed E-state index contributed by atoms with van der Waals surface area (Å²) in [6.45, 7) is 5.86. The molecule has 0 saturated heterocycles. The molecule has 1 unspecified atom stereocenters. The van der Waals surface area contributed by atoms with E-state index in [1.54, 1.807) is 19.9 Å². The number of benzene rings is 1. The molecule has 2 aromatic rings. The number of rotatable bonds is 8. The van der Waals surface area contributed by atoms with E-state index in [1.807, 2.05) is 25.2 Å². The van der Waals surface area contributed by atoms with E-state index in [4.69, 9.17) is 16.3 Å². The van der Waals surface area contributed by atoms with Crippen LogP contribution >= 0.6 is 22.9 Å². The number of quaternary nitrogens is 1. The van der Waals surface area contributed by atoms with E-state index < -0.39 is 5.97 Å². The monoisotopic (exact) mass is 423 g/mol. The van der Waals surface area contributed by atoms with Crippen molar-refractivity contribution in [3.05, 3.63) is 50.9 Å². The summed E-state index contributed by atoms with van der Waals surface area (Å²) in [5.41, 5.74) is 1.81. The number of esters is 1. The molecule has 0 fully saturated rings. The minimum atomic E-state index is -0.543. The molecule has 0 aliphatic rings. The topological polar surface area (TPSA) is 76.9 Å². The van der Waals surface area contributed by atoms with Crippen LogP contribution < -0.4 is 10.2 Å². The van der Waals surface area contributed by atoms with Crippen molar-refractivity contribution < 1.29 is 24.0 Å². The number of hydrogen-bond acceptors (Lipinski definition) is 5. The Morgan fingerprint density at radius 1 is 1.29 bits per heavy atom. The quantitative estimate of drug-likeness (QED) is 0.505. The molecule has 0 saturated carbocycles. The molecule has 1 atom stereocenters. The zero-order chi connectivity index (χ0) is 20.8. The first-order valence-electron chi connectivity index (χ1n) is 8.90. The van der Waals surface area contributed by atoms with Crippen LogP contribution in [0, 0.1) is 6.92 Å². The number of carbonyl (C=O) groups is 3. The van der Waals surface area contributed by atoms with Gasteiger partial charge in [0.25, 0.3) is 5.91 Å². The minimum Gasteiger partial charge on any atom is -0.462 e. The number of carbonyl (C=O) groups excluding carboxylic acids is 3. The van der Waals surface area contributed by atoms with Crippen LogP contribution in [0.2, 0.25) is 5.02 Å². The van der Waals surface area contributed by atoms with Gasteiger partial charge >= 0.3 is 5.97 Å². The summed E-state index contributed by atoms with van der Waals surface area (Å²) in [6, 6.07) is 7.49. The van der Waals surface area contributed by atoms with E-state index in [0.717, 1.165) is 21.8 Å². The second-order valence-electron chi connectivity index (χ2n) is 6.53. The van der Waals surface area contributed by atoms with E-state index in [-0.39, 0.29) is 30.4 Å². The predicted molar refractivity (Wildman–Crippen MR) is 111 cm³/mol. The van der Waals surface area contributed by atoms with Gasteiger partial charge in [-0.25, -0.2) is 4.79 Å². The second kappa shape index (κ2) is 9.82. The van der Waals surface area contributed by atoms with Crippen LogP contribution in [0.5, 0.6) is 0 Å². The number of halogens is 1. The number of Topliss-reactive ketones (excluding diaryl/α,β-unsaturated/α-hetero) is 1. The Morgan fingerprint density at radius 3 is 2.61 bits per heavy atom. The number of hydrogen-bond donors (Lipinski definition) is 2. The summed E-state index contributed by atoms with van der Waals surface area (Å²) >= 11 is 7.10. The maximum absolute atomic E-state index is 12.5. The lowest BCUT2D eigenvalue weighted by molar-refractivity contribution is -0.885. The van der Waals surface area contributed by atoms with Crippen LogP contribution in [0.25, 0.3) is 0 Å². The SMILES string of the molecule is CCOC(=O)c1c(NC(=O)C[NH+](C)Cc2cccc(Cl)c2)sc(C(C)=O)c1C. The van der Waals surface area contributed by atoms with Crippen molar-refractivity contribution in [2.75, 3.05) is 25.5 Å². The molecule has 28 heavy (non-hydrogen) atoms. The minimum absolute atomic E-state index is 0.155. The molecular weight excluding hydrogens is 400 g/mol. The Hall–Kier alpha value is -2.22. The fourth-order valence-corrected chi connectivity index (χ4v) is 4.21. The number of likely N-dealkylation sites (N-methyl/N-ethyl adjacent to an activating group) is 1. The zero-order valence-electron chi connectivity index (χ0n) is 16.3. The highest BCUT2D eigenvalue weighted by Gasteiger charge is 2.25. The molecule has 6 nitrogen and oxygen atoms in total. The second-order valence-corrected chi connectivity index (χ2v) is 7.98. The van der Waals surface area contributed by atoms with E-state index >= 15 is 0 Å². The summed E-state index contributed by atoms with van der Waals surface area (Å²) < 4.78 is 5.08. The Morgan fingerprint density at radius 2 is 2.00 bits per heavy atom. The predicted octanol–water partition coefficient (Wildman–Crippen LogP) is 2.74. The highest BCUT2D eigenvalue weighted by molar-refractivity contribution is 7.18. The largest absolute Gasteiger partial charge is 0.462 e. The smallest absolute Gasteiger partial charge is 0.341 e. The molecule has 0 bridgehead atoms. The van der Waals surface area contributed by atoms with Gasteiger partial charge in [0.2, 0.25) is 0 Å². The molecule has 1 aromatic carbocycles. The van der Waals surface area contributed by atoms with Gasteiger partial charge in [-0.3, -0.25) is 9.59 Å². The molecule has 2 N–H and O–H groups in total. The maximum Gasteiger partial charge on any atom is 0.341 e. The Balaban J connectivity index is 2.13. The van der Waals surface area contributed by atoms with Crippen molar-refractivity contribution in [3.63, 3.8) is 0 Å². The average molecular weight is 424 g/mol. The maximum atomic E-state index is 12.5. The van der Waals surface area contributed by atoms with Crippen molar-refractivity contribution >= 4 is 45.6 Å². The fourth-order valence-electron chi connectivity index (χ4n) is 2.89. The molecule has 1 amide bonds. The fraction of sp³-hybridized carbons (Fsp3) is 0.350. The van der Waals surface area contributed by atoms with E-state index in [0.29, 0.717) is 27.0 Å². The summed E-state index contributed by atoms with van der Waals surface area (Å²) in [4.78, 5) is 38.1. The highest BCUT2D eigenvalue weighted by atomic mass is 35.5. The third-order valence-electron chi connectivity index (χ3n) is 4.06. The van der Waals surface area contributed by atoms with Gasteiger partial charge in [0, 0.05) is 10.6 Å². The van der Waals surface area contributed by atoms with Crippen LogP contribution in [0.4, 0.5) is 5.00 Å². The van der Waals surface area contributed by atoms with Crippen LogP contribution in [0.15, 0.2) is 24.3 Å². The van der Waals surface area contributed by atoms with Gasteiger partial charge in [0.15, 0.2) is 12.3 Å². The molecule has 2 rings (SSSR count). The number of nitrogens with one attached hydrogen (secondary N) is 2. The third kappa shape index (κ3) is 5.64. The Labute approximate surface area is 173 Å². The van der Waals surface area contributed by atoms with E-state index in [1.165, 1.54) is 6.92 Å². The van der Waals surface area contributed by atoms with Gasteiger partial charge in [0.05, 0.1) is 24.1 Å². The van der Waals surface area contributed by atoms with E-state index in [9.17, 15) is 14.4 Å². The highest BCUT2D eigenvalue weighted by Crippen LogP contribution is 2.34. The van der Waals surface area contributed by atoms with Gasteiger partial charge in [-0.2, -0.15) is 0 Å². The van der Waals surface area contributed by atoms with Crippen LogP contribution in [-0.2, 0) is 16.1 Å². The number of amides is 1. The molecule has 0 spiro atoms. The van der Waals surface area contributed by atoms with Crippen LogP contribution in [0.3, 0.4) is 0 Å². The van der Waals surface area contributed by atoms with Crippen molar-refractivity contribution in [1.29, 1.82) is 0 Å². The van der Waals surface area contributed by atoms with Gasteiger partial charge < -0.3 is 15.0 Å². The molecule has 0 radical (unpaired) electrons. The number of anilines is 1. The van der Waals surface area contributed by atoms with E-state index in [2.05, 4.69) is 5.32 Å². The van der Waals surface area contributed by atoms with Crippen molar-refractivity contribution in [1.82, 2.24) is 0 Å². The molecule has 1 heterocycles. The average Bonchev–Trinajstić information content (AvgIpc) is 2.91. The lowest BCUT2D eigenvalue weighted by Gasteiger charge is -2.14. The summed E-state index contributed by atoms with van der Waals surface area (Å²) in [5, 5.41) is 3.77. The first-order chi connectivity index (χ1) is 13.2. The van der Waals surface area contributed by atoms with Gasteiger partial charge in [-0.05, 0) is 38.5 Å². The molecule has 150 valence electrons. The Kier molecular flexibility index (Phi) is 7.74. The molecule has 1 aromatic heterocycles. The Bertz CT molecular complexity index is 894. The normalized spacial score (nSPS) is 11.8. The van der Waals surface area contributed by atoms with Gasteiger partial charge in [0.1, 0.15) is 11.5 Å².